The second-order valence-electron chi connectivity index (χ2n) is 4.46. The maximum absolute atomic E-state index is 11.7. The van der Waals surface area contributed by atoms with Crippen molar-refractivity contribution in [3.05, 3.63) is 23.9 Å². The molecule has 20 heavy (non-hydrogen) atoms. The molecule has 1 heterocycles. The second kappa shape index (κ2) is 9.18. The van der Waals surface area contributed by atoms with Gasteiger partial charge in [-0.3, -0.25) is 0 Å². The quantitative estimate of drug-likeness (QED) is 0.245. The lowest BCUT2D eigenvalue weighted by molar-refractivity contribution is -0.146. The third kappa shape index (κ3) is 5.47. The molecule has 5 nitrogen and oxygen atoms in total. The van der Waals surface area contributed by atoms with Crippen LogP contribution in [0.4, 0.5) is 0 Å². The molecule has 0 aromatic carbocycles. The van der Waals surface area contributed by atoms with Crippen molar-refractivity contribution in [1.82, 2.24) is 4.90 Å². The molecular weight excluding hydrogens is 258 g/mol. The summed E-state index contributed by atoms with van der Waals surface area (Å²) in [7, 11) is 0. The van der Waals surface area contributed by atoms with Crippen LogP contribution in [0.1, 0.15) is 33.1 Å². The topological polar surface area (TPSA) is 55.8 Å². The van der Waals surface area contributed by atoms with E-state index >= 15 is 0 Å². The van der Waals surface area contributed by atoms with Crippen molar-refractivity contribution in [3.63, 3.8) is 0 Å². The van der Waals surface area contributed by atoms with Crippen molar-refractivity contribution in [2.24, 2.45) is 0 Å². The van der Waals surface area contributed by atoms with Gasteiger partial charge in [-0.15, -0.1) is 0 Å². The Morgan fingerprint density at radius 1 is 1.00 bits per heavy atom. The van der Waals surface area contributed by atoms with Crippen LogP contribution in [-0.4, -0.2) is 43.1 Å². The molecule has 0 aromatic rings. The zero-order valence-corrected chi connectivity index (χ0v) is 12.3. The first-order valence-corrected chi connectivity index (χ1v) is 7.15. The van der Waals surface area contributed by atoms with E-state index in [2.05, 4.69) is 4.90 Å². The number of esters is 2. The molecule has 1 aliphatic heterocycles. The molecule has 1 rings (SSSR count). The van der Waals surface area contributed by atoms with Crippen LogP contribution >= 0.6 is 0 Å². The Morgan fingerprint density at radius 2 is 1.55 bits per heavy atom. The van der Waals surface area contributed by atoms with Gasteiger partial charge in [-0.2, -0.15) is 0 Å². The van der Waals surface area contributed by atoms with E-state index in [4.69, 9.17) is 9.47 Å². The largest absolute Gasteiger partial charge is 0.462 e. The maximum atomic E-state index is 11.7. The average molecular weight is 281 g/mol. The van der Waals surface area contributed by atoms with Gasteiger partial charge in [0.1, 0.15) is 5.57 Å². The number of rotatable bonds is 6. The molecule has 1 aliphatic rings. The number of hydrogen-bond acceptors (Lipinski definition) is 5. The maximum Gasteiger partial charge on any atom is 0.345 e. The summed E-state index contributed by atoms with van der Waals surface area (Å²) < 4.78 is 9.72. The molecule has 0 atom stereocenters. The van der Waals surface area contributed by atoms with E-state index in [-0.39, 0.29) is 18.8 Å². The van der Waals surface area contributed by atoms with Gasteiger partial charge in [0.2, 0.25) is 0 Å². The molecule has 0 saturated carbocycles. The lowest BCUT2D eigenvalue weighted by Crippen LogP contribution is -2.24. The van der Waals surface area contributed by atoms with Gasteiger partial charge >= 0.3 is 11.9 Å². The van der Waals surface area contributed by atoms with Crippen LogP contribution in [0.25, 0.3) is 0 Å². The summed E-state index contributed by atoms with van der Waals surface area (Å²) in [5.41, 5.74) is -0.0676. The van der Waals surface area contributed by atoms with E-state index in [1.165, 1.54) is 25.3 Å². The minimum atomic E-state index is -0.644. The Morgan fingerprint density at radius 3 is 2.05 bits per heavy atom. The third-order valence-corrected chi connectivity index (χ3v) is 2.94. The fourth-order valence-corrected chi connectivity index (χ4v) is 1.97. The molecule has 0 amide bonds. The number of allylic oxidation sites excluding steroid dienone is 2. The first-order valence-electron chi connectivity index (χ1n) is 7.15. The molecule has 0 aromatic heterocycles. The molecule has 0 radical (unpaired) electrons. The molecule has 0 aliphatic carbocycles. The Balaban J connectivity index is 2.69. The van der Waals surface area contributed by atoms with Gasteiger partial charge in [-0.1, -0.05) is 0 Å². The molecular formula is C15H23NO4. The highest BCUT2D eigenvalue weighted by Gasteiger charge is 2.19. The van der Waals surface area contributed by atoms with Crippen molar-refractivity contribution in [3.8, 4) is 0 Å². The zero-order chi connectivity index (χ0) is 14.8. The van der Waals surface area contributed by atoms with Crippen LogP contribution in [0.15, 0.2) is 23.9 Å². The summed E-state index contributed by atoms with van der Waals surface area (Å²) in [4.78, 5) is 25.6. The summed E-state index contributed by atoms with van der Waals surface area (Å²) in [6, 6.07) is 0. The van der Waals surface area contributed by atoms with E-state index in [0.29, 0.717) is 0 Å². The Labute approximate surface area is 120 Å². The number of carbonyl (C=O) groups excluding carboxylic acids is 2. The second-order valence-corrected chi connectivity index (χ2v) is 4.46. The van der Waals surface area contributed by atoms with Crippen LogP contribution in [0.3, 0.4) is 0 Å². The van der Waals surface area contributed by atoms with Crippen LogP contribution in [0.5, 0.6) is 0 Å². The number of piperidine rings is 1. The van der Waals surface area contributed by atoms with Crippen LogP contribution in [0, 0.1) is 0 Å². The first kappa shape index (κ1) is 16.3. The van der Waals surface area contributed by atoms with E-state index < -0.39 is 11.9 Å². The number of carbonyl (C=O) groups is 2. The van der Waals surface area contributed by atoms with Crippen molar-refractivity contribution in [2.75, 3.05) is 26.3 Å². The molecule has 1 saturated heterocycles. The standard InChI is InChI=1S/C15H23NO4/c1-3-19-14(17)13(15(18)20-4-2)9-8-12-16-10-6-5-7-11-16/h8-9,12H,3-7,10-11H2,1-2H3/b12-8+. The number of ether oxygens (including phenoxy) is 2. The van der Waals surface area contributed by atoms with Crippen LogP contribution < -0.4 is 0 Å². The summed E-state index contributed by atoms with van der Waals surface area (Å²) in [5, 5.41) is 0. The minimum Gasteiger partial charge on any atom is -0.462 e. The Bertz CT molecular complexity index is 361. The highest BCUT2D eigenvalue weighted by atomic mass is 16.6. The SMILES string of the molecule is CCOC(=O)C(=C/C=C/N1CCCCC1)C(=O)OCC. The Kier molecular flexibility index (Phi) is 7.47. The van der Waals surface area contributed by atoms with Crippen molar-refractivity contribution >= 4 is 11.9 Å². The van der Waals surface area contributed by atoms with Gasteiger partial charge in [-0.05, 0) is 51.5 Å². The zero-order valence-electron chi connectivity index (χ0n) is 12.3. The fourth-order valence-electron chi connectivity index (χ4n) is 1.97. The van der Waals surface area contributed by atoms with Gasteiger partial charge in [-0.25, -0.2) is 9.59 Å². The van der Waals surface area contributed by atoms with Gasteiger partial charge in [0.15, 0.2) is 0 Å². The lowest BCUT2D eigenvalue weighted by atomic mass is 10.1. The predicted molar refractivity (Wildman–Crippen MR) is 75.9 cm³/mol. The third-order valence-electron chi connectivity index (χ3n) is 2.94. The molecule has 1 fully saturated rings. The van der Waals surface area contributed by atoms with E-state index in [9.17, 15) is 9.59 Å². The smallest absolute Gasteiger partial charge is 0.345 e. The summed E-state index contributed by atoms with van der Waals surface area (Å²) in [6.45, 7) is 5.88. The first-order chi connectivity index (χ1) is 9.69. The minimum absolute atomic E-state index is 0.0676. The average Bonchev–Trinajstić information content (AvgIpc) is 2.45. The van der Waals surface area contributed by atoms with Gasteiger partial charge < -0.3 is 14.4 Å². The van der Waals surface area contributed by atoms with Crippen molar-refractivity contribution in [2.45, 2.75) is 33.1 Å². The summed E-state index contributed by atoms with van der Waals surface area (Å²) in [5.74, 6) is -1.29. The Hall–Kier alpha value is -1.78. The predicted octanol–water partition coefficient (Wildman–Crippen LogP) is 2.04. The molecule has 112 valence electrons. The van der Waals surface area contributed by atoms with Gasteiger partial charge in [0.25, 0.3) is 0 Å². The summed E-state index contributed by atoms with van der Waals surface area (Å²) in [6.07, 6.45) is 8.68. The summed E-state index contributed by atoms with van der Waals surface area (Å²) >= 11 is 0. The molecule has 0 spiro atoms. The van der Waals surface area contributed by atoms with Gasteiger partial charge in [0.05, 0.1) is 13.2 Å². The fraction of sp³-hybridized carbons (Fsp3) is 0.600. The van der Waals surface area contributed by atoms with Crippen molar-refractivity contribution in [1.29, 1.82) is 0 Å². The number of hydrogen-bond donors (Lipinski definition) is 0. The van der Waals surface area contributed by atoms with E-state index in [1.807, 2.05) is 6.20 Å². The number of nitrogens with zero attached hydrogens (tertiary/aromatic N) is 1. The van der Waals surface area contributed by atoms with E-state index in [0.717, 1.165) is 13.1 Å². The highest BCUT2D eigenvalue weighted by molar-refractivity contribution is 6.14. The lowest BCUT2D eigenvalue weighted by Gasteiger charge is -2.24. The molecule has 5 heteroatoms. The van der Waals surface area contributed by atoms with E-state index in [1.54, 1.807) is 19.9 Å². The normalized spacial score (nSPS) is 15.0. The highest BCUT2D eigenvalue weighted by Crippen LogP contribution is 2.09. The van der Waals surface area contributed by atoms with Crippen LogP contribution in [0.2, 0.25) is 0 Å². The number of likely N-dealkylation sites (tertiary alicyclic amines) is 1. The molecule has 0 N–H and O–H groups in total. The van der Waals surface area contributed by atoms with Crippen LogP contribution in [-0.2, 0) is 19.1 Å². The molecule has 0 bridgehead atoms. The monoisotopic (exact) mass is 281 g/mol. The van der Waals surface area contributed by atoms with Crippen molar-refractivity contribution < 1.29 is 19.1 Å². The van der Waals surface area contributed by atoms with Gasteiger partial charge in [0, 0.05) is 13.1 Å². The molecule has 0 unspecified atom stereocenters.